The van der Waals surface area contributed by atoms with Crippen molar-refractivity contribution in [3.05, 3.63) is 109 Å². The van der Waals surface area contributed by atoms with Gasteiger partial charge in [-0.05, 0) is 0 Å². The molecule has 4 heterocycles. The molecule has 194 valence electrons. The second kappa shape index (κ2) is 9.17. The normalized spacial score (nSPS) is 12.2. The second-order valence-electron chi connectivity index (χ2n) is 9.77. The maximum Gasteiger partial charge on any atom is 0.164 e. The minimum Gasteiger partial charge on any atom is -0.324 e. The summed E-state index contributed by atoms with van der Waals surface area (Å²) < 4.78 is 0. The molecule has 4 aromatic carbocycles. The smallest absolute Gasteiger partial charge is 0.164 e. The van der Waals surface area contributed by atoms with Crippen molar-refractivity contribution in [2.45, 2.75) is 0 Å². The molecule has 0 spiro atoms. The van der Waals surface area contributed by atoms with Gasteiger partial charge in [-0.3, -0.25) is 4.99 Å². The van der Waals surface area contributed by atoms with E-state index in [1.807, 2.05) is 103 Å². The Morgan fingerprint density at radius 3 is 1.54 bits per heavy atom. The first kappa shape index (κ1) is 23.2. The van der Waals surface area contributed by atoms with Crippen LogP contribution in [0.3, 0.4) is 0 Å². The van der Waals surface area contributed by atoms with Crippen LogP contribution in [0.4, 0.5) is 0 Å². The maximum absolute atomic E-state index is 5.02. The Kier molecular flexibility index (Phi) is 5.18. The molecule has 2 N–H and O–H groups in total. The first-order valence-electron chi connectivity index (χ1n) is 13.3. The highest BCUT2D eigenvalue weighted by Gasteiger charge is 2.19. The molecule has 0 saturated heterocycles. The van der Waals surface area contributed by atoms with Crippen LogP contribution in [0.2, 0.25) is 0 Å². The standard InChI is InChI=1S/C33H22N8/c1-34-27-20-11-3-2-10-19(20)18-35-28-21-12-4-5-13-22(21)30(37-28)39-32-25-16-8-9-17-26(25)33(41-32)40-31-24-15-7-6-14-23(24)29(36-27)38-31/h2-18H,1H3,(H2,34,35,36,37,38,39,40,41). The lowest BCUT2D eigenvalue weighted by atomic mass is 10.1. The maximum atomic E-state index is 5.02. The van der Waals surface area contributed by atoms with E-state index in [4.69, 9.17) is 24.9 Å². The summed E-state index contributed by atoms with van der Waals surface area (Å²) in [5.41, 5.74) is 5.19. The summed E-state index contributed by atoms with van der Waals surface area (Å²) in [5, 5.41) is 5.60. The van der Waals surface area contributed by atoms with Gasteiger partial charge in [0, 0.05) is 56.7 Å². The molecule has 8 heteroatoms. The lowest BCUT2D eigenvalue weighted by Crippen LogP contribution is -2.06. The van der Waals surface area contributed by atoms with Gasteiger partial charge in [0.2, 0.25) is 0 Å². The molecule has 1 aliphatic heterocycles. The first-order chi connectivity index (χ1) is 20.3. The van der Waals surface area contributed by atoms with Crippen molar-refractivity contribution in [1.29, 1.82) is 0 Å². The van der Waals surface area contributed by atoms with E-state index in [1.165, 1.54) is 0 Å². The molecule has 8 rings (SSSR count). The highest BCUT2D eigenvalue weighted by Crippen LogP contribution is 2.34. The van der Waals surface area contributed by atoms with Crippen LogP contribution < -0.4 is 5.49 Å². The number of hydrogen-bond donors (Lipinski definition) is 2. The molecule has 0 aliphatic carbocycles. The second-order valence-corrected chi connectivity index (χ2v) is 9.77. The lowest BCUT2D eigenvalue weighted by Gasteiger charge is -1.96. The average Bonchev–Trinajstić information content (AvgIpc) is 3.67. The van der Waals surface area contributed by atoms with Crippen molar-refractivity contribution in [2.24, 2.45) is 4.99 Å². The van der Waals surface area contributed by atoms with Gasteiger partial charge in [-0.25, -0.2) is 24.9 Å². The molecule has 0 amide bonds. The van der Waals surface area contributed by atoms with Gasteiger partial charge in [0.05, 0.1) is 0 Å². The molecule has 0 fully saturated rings. The molecule has 41 heavy (non-hydrogen) atoms. The Balaban J connectivity index is 1.62. The Labute approximate surface area is 233 Å². The van der Waals surface area contributed by atoms with Gasteiger partial charge in [0.25, 0.3) is 0 Å². The van der Waals surface area contributed by atoms with E-state index < -0.39 is 0 Å². The SMILES string of the molecule is C/N=c1/nc2[nH]c(nc3nc(nc4[nH]c(ncc5ccccc15)c1ccccc41)-c1ccccc1-3)c1ccccc21. The number of rotatable bonds is 0. The van der Waals surface area contributed by atoms with Crippen molar-refractivity contribution in [2.75, 3.05) is 7.05 Å². The highest BCUT2D eigenvalue weighted by molar-refractivity contribution is 6.05. The molecular formula is C33H22N8. The van der Waals surface area contributed by atoms with Crippen LogP contribution in [-0.2, 0) is 0 Å². The minimum atomic E-state index is 0.584. The van der Waals surface area contributed by atoms with Crippen molar-refractivity contribution in [3.8, 4) is 22.8 Å². The summed E-state index contributed by atoms with van der Waals surface area (Å²) in [6.07, 6.45) is 1.85. The third kappa shape index (κ3) is 3.76. The van der Waals surface area contributed by atoms with Gasteiger partial charge in [-0.15, -0.1) is 0 Å². The predicted molar refractivity (Wildman–Crippen MR) is 163 cm³/mol. The molecular weight excluding hydrogens is 508 g/mol. The van der Waals surface area contributed by atoms with E-state index in [2.05, 4.69) is 15.0 Å². The molecule has 0 unspecified atom stereocenters. The molecule has 8 nitrogen and oxygen atoms in total. The van der Waals surface area contributed by atoms with Crippen molar-refractivity contribution in [1.82, 2.24) is 34.9 Å². The van der Waals surface area contributed by atoms with E-state index in [9.17, 15) is 0 Å². The number of aromatic amines is 2. The fourth-order valence-corrected chi connectivity index (χ4v) is 5.41. The Hall–Kier alpha value is -5.76. The van der Waals surface area contributed by atoms with Crippen LogP contribution >= 0.6 is 0 Å². The largest absolute Gasteiger partial charge is 0.324 e. The monoisotopic (exact) mass is 530 g/mol. The van der Waals surface area contributed by atoms with Crippen LogP contribution in [0, 0.1) is 0 Å². The minimum absolute atomic E-state index is 0.584. The number of H-pyrrole nitrogens is 2. The third-order valence-electron chi connectivity index (χ3n) is 7.37. The average molecular weight is 531 g/mol. The summed E-state index contributed by atoms with van der Waals surface area (Å²) in [5.74, 6) is 1.18. The Morgan fingerprint density at radius 2 is 0.951 bits per heavy atom. The van der Waals surface area contributed by atoms with Gasteiger partial charge >= 0.3 is 0 Å². The molecule has 3 aromatic heterocycles. The summed E-state index contributed by atoms with van der Waals surface area (Å²) in [4.78, 5) is 36.3. The number of aromatic nitrogens is 7. The van der Waals surface area contributed by atoms with E-state index in [-0.39, 0.29) is 0 Å². The highest BCUT2D eigenvalue weighted by atomic mass is 15.0. The van der Waals surface area contributed by atoms with Crippen LogP contribution in [-0.4, -0.2) is 41.9 Å². The Bertz CT molecular complexity index is 2400. The molecule has 6 bridgehead atoms. The van der Waals surface area contributed by atoms with Crippen LogP contribution in [0.15, 0.2) is 108 Å². The molecule has 7 aromatic rings. The number of nitrogens with one attached hydrogen (secondary N) is 2. The zero-order valence-electron chi connectivity index (χ0n) is 22.0. The number of nitrogens with zero attached hydrogens (tertiary/aromatic N) is 6. The van der Waals surface area contributed by atoms with E-state index in [1.54, 1.807) is 7.05 Å². The van der Waals surface area contributed by atoms with Crippen molar-refractivity contribution < 1.29 is 0 Å². The predicted octanol–water partition coefficient (Wildman–Crippen LogP) is 6.51. The third-order valence-corrected chi connectivity index (χ3v) is 7.37. The van der Waals surface area contributed by atoms with Gasteiger partial charge in [-0.1, -0.05) is 97.1 Å². The van der Waals surface area contributed by atoms with Gasteiger partial charge in [0.1, 0.15) is 22.6 Å². The summed E-state index contributed by atoms with van der Waals surface area (Å²) in [6, 6.07) is 32.2. The van der Waals surface area contributed by atoms with Crippen LogP contribution in [0.5, 0.6) is 0 Å². The molecule has 0 radical (unpaired) electrons. The number of hydrogen-bond acceptors (Lipinski definition) is 6. The fraction of sp³-hybridized carbons (Fsp3) is 0.0303. The molecule has 0 saturated carbocycles. The van der Waals surface area contributed by atoms with Crippen LogP contribution in [0.1, 0.15) is 0 Å². The van der Waals surface area contributed by atoms with Gasteiger partial charge in [0.15, 0.2) is 17.1 Å². The molecule has 1 aliphatic rings. The fourth-order valence-electron chi connectivity index (χ4n) is 5.41. The zero-order valence-corrected chi connectivity index (χ0v) is 22.0. The quantitative estimate of drug-likeness (QED) is 0.232. The Morgan fingerprint density at radius 1 is 0.488 bits per heavy atom. The number of benzene rings is 4. The number of fused-ring (bicyclic) bond motifs is 16. The summed E-state index contributed by atoms with van der Waals surface area (Å²) in [7, 11) is 1.75. The van der Waals surface area contributed by atoms with Gasteiger partial charge < -0.3 is 9.97 Å². The van der Waals surface area contributed by atoms with E-state index >= 15 is 0 Å². The van der Waals surface area contributed by atoms with Crippen LogP contribution in [0.25, 0.3) is 77.7 Å². The van der Waals surface area contributed by atoms with Gasteiger partial charge in [-0.2, -0.15) is 0 Å². The lowest BCUT2D eigenvalue weighted by molar-refractivity contribution is 1.16. The topological polar surface area (TPSA) is 108 Å². The summed E-state index contributed by atoms with van der Waals surface area (Å²) >= 11 is 0. The zero-order chi connectivity index (χ0) is 27.3. The van der Waals surface area contributed by atoms with E-state index in [0.29, 0.717) is 39.7 Å². The van der Waals surface area contributed by atoms with Crippen molar-refractivity contribution in [3.63, 3.8) is 0 Å². The van der Waals surface area contributed by atoms with Crippen molar-refractivity contribution >= 4 is 54.9 Å². The first-order valence-corrected chi connectivity index (χ1v) is 13.3. The van der Waals surface area contributed by atoms with E-state index in [0.717, 1.165) is 43.4 Å². The molecule has 0 atom stereocenters. The summed E-state index contributed by atoms with van der Waals surface area (Å²) in [6.45, 7) is 0.